The van der Waals surface area contributed by atoms with Gasteiger partial charge in [0.15, 0.2) is 0 Å². The van der Waals surface area contributed by atoms with E-state index in [0.29, 0.717) is 6.42 Å². The first kappa shape index (κ1) is 9.71. The lowest BCUT2D eigenvalue weighted by Crippen LogP contribution is -2.18. The molecule has 1 aromatic rings. The summed E-state index contributed by atoms with van der Waals surface area (Å²) in [6.07, 6.45) is 5.38. The standard InChI is InChI=1S/C13H11O2/c14-12-8-4-7-11(13(12)15)9-10-5-2-1-3-6-10/h1-8,11H,9H2. The Hall–Kier alpha value is -1.83. The molecular formula is C13H11O2. The highest BCUT2D eigenvalue weighted by molar-refractivity contribution is 5.97. The first-order valence-corrected chi connectivity index (χ1v) is 4.91. The van der Waals surface area contributed by atoms with Crippen molar-refractivity contribution >= 4 is 5.78 Å². The third-order valence-corrected chi connectivity index (χ3v) is 2.47. The topological polar surface area (TPSA) is 37.0 Å². The molecule has 0 aromatic heterocycles. The van der Waals surface area contributed by atoms with Gasteiger partial charge in [0.2, 0.25) is 11.5 Å². The lowest BCUT2D eigenvalue weighted by molar-refractivity contribution is -0.121. The van der Waals surface area contributed by atoms with Crippen molar-refractivity contribution in [2.75, 3.05) is 0 Å². The Morgan fingerprint density at radius 1 is 1.13 bits per heavy atom. The van der Waals surface area contributed by atoms with Crippen LogP contribution in [0, 0.1) is 5.92 Å². The summed E-state index contributed by atoms with van der Waals surface area (Å²) >= 11 is 0. The number of carbonyl (C=O) groups excluding carboxylic acids is 1. The summed E-state index contributed by atoms with van der Waals surface area (Å²) in [6, 6.07) is 9.72. The van der Waals surface area contributed by atoms with Gasteiger partial charge < -0.3 is 0 Å². The average Bonchev–Trinajstić information content (AvgIpc) is 2.26. The van der Waals surface area contributed by atoms with Crippen molar-refractivity contribution in [2.45, 2.75) is 6.42 Å². The van der Waals surface area contributed by atoms with Crippen LogP contribution in [0.5, 0.6) is 0 Å². The largest absolute Gasteiger partial charge is 0.290 e. The van der Waals surface area contributed by atoms with Crippen LogP contribution in [0.25, 0.3) is 0 Å². The van der Waals surface area contributed by atoms with E-state index in [9.17, 15) is 9.90 Å². The summed E-state index contributed by atoms with van der Waals surface area (Å²) in [5, 5.41) is 11.1. The Bertz CT molecular complexity index is 415. The highest BCUT2D eigenvalue weighted by atomic mass is 16.3. The summed E-state index contributed by atoms with van der Waals surface area (Å²) in [5.41, 5.74) is 1.08. The molecule has 0 spiro atoms. The van der Waals surface area contributed by atoms with Gasteiger partial charge in [-0.05, 0) is 18.1 Å². The average molecular weight is 199 g/mol. The van der Waals surface area contributed by atoms with Crippen molar-refractivity contribution in [3.05, 3.63) is 59.9 Å². The van der Waals surface area contributed by atoms with Crippen molar-refractivity contribution in [3.8, 4) is 0 Å². The van der Waals surface area contributed by atoms with Crippen LogP contribution in [0.15, 0.2) is 54.3 Å². The minimum absolute atomic E-state index is 0.287. The number of benzene rings is 1. The number of hydrogen-bond donors (Lipinski definition) is 0. The number of carbonyl (C=O) groups is 1. The number of rotatable bonds is 2. The van der Waals surface area contributed by atoms with Crippen LogP contribution in [0.1, 0.15) is 5.56 Å². The molecule has 0 fully saturated rings. The molecule has 1 aromatic carbocycles. The molecule has 1 radical (unpaired) electrons. The van der Waals surface area contributed by atoms with E-state index in [2.05, 4.69) is 0 Å². The van der Waals surface area contributed by atoms with Crippen LogP contribution >= 0.6 is 0 Å². The summed E-state index contributed by atoms with van der Waals surface area (Å²) < 4.78 is 0. The fraction of sp³-hybridized carbons (Fsp3) is 0.154. The molecule has 0 saturated heterocycles. The van der Waals surface area contributed by atoms with E-state index in [1.807, 2.05) is 30.3 Å². The van der Waals surface area contributed by atoms with E-state index in [-0.39, 0.29) is 11.7 Å². The third kappa shape index (κ3) is 2.15. The van der Waals surface area contributed by atoms with Gasteiger partial charge in [0.1, 0.15) is 0 Å². The van der Waals surface area contributed by atoms with Gasteiger partial charge in [-0.3, -0.25) is 9.90 Å². The number of allylic oxidation sites excluding steroid dienone is 4. The van der Waals surface area contributed by atoms with Crippen LogP contribution < -0.4 is 0 Å². The first-order chi connectivity index (χ1) is 7.27. The van der Waals surface area contributed by atoms with Crippen LogP contribution in [-0.2, 0) is 16.3 Å². The van der Waals surface area contributed by atoms with E-state index in [0.717, 1.165) is 5.56 Å². The normalized spacial score (nSPS) is 20.1. The maximum absolute atomic E-state index is 11.5. The molecule has 1 unspecified atom stereocenters. The van der Waals surface area contributed by atoms with Crippen molar-refractivity contribution in [1.82, 2.24) is 0 Å². The van der Waals surface area contributed by atoms with Gasteiger partial charge in [0, 0.05) is 5.92 Å². The lowest BCUT2D eigenvalue weighted by Gasteiger charge is -2.12. The van der Waals surface area contributed by atoms with E-state index >= 15 is 0 Å². The van der Waals surface area contributed by atoms with Crippen LogP contribution in [0.2, 0.25) is 0 Å². The maximum Gasteiger partial charge on any atom is 0.222 e. The molecule has 1 atom stereocenters. The van der Waals surface area contributed by atoms with Gasteiger partial charge in [-0.25, -0.2) is 0 Å². The maximum atomic E-state index is 11.5. The predicted octanol–water partition coefficient (Wildman–Crippen LogP) is 2.30. The summed E-state index contributed by atoms with van der Waals surface area (Å²) in [4.78, 5) is 11.5. The Balaban J connectivity index is 2.12. The van der Waals surface area contributed by atoms with E-state index in [1.54, 1.807) is 12.2 Å². The fourth-order valence-electron chi connectivity index (χ4n) is 1.66. The molecule has 0 N–H and O–H groups in total. The number of ketones is 1. The Morgan fingerprint density at radius 3 is 2.60 bits per heavy atom. The summed E-state index contributed by atoms with van der Waals surface area (Å²) in [6.45, 7) is 0. The SMILES string of the molecule is [O]C1=CC=CC(Cc2ccccc2)C1=O. The van der Waals surface area contributed by atoms with Crippen molar-refractivity contribution in [3.63, 3.8) is 0 Å². The highest BCUT2D eigenvalue weighted by Crippen LogP contribution is 2.18. The Labute approximate surface area is 88.6 Å². The fourth-order valence-corrected chi connectivity index (χ4v) is 1.66. The molecule has 1 aliphatic carbocycles. The molecule has 1 aliphatic rings. The Morgan fingerprint density at radius 2 is 1.87 bits per heavy atom. The van der Waals surface area contributed by atoms with Gasteiger partial charge >= 0.3 is 0 Å². The molecular weight excluding hydrogens is 188 g/mol. The van der Waals surface area contributed by atoms with Gasteiger partial charge in [-0.1, -0.05) is 42.5 Å². The lowest BCUT2D eigenvalue weighted by atomic mass is 9.91. The molecule has 2 heteroatoms. The summed E-state index contributed by atoms with van der Waals surface area (Å²) in [7, 11) is 0. The van der Waals surface area contributed by atoms with Gasteiger partial charge in [-0.2, -0.15) is 0 Å². The van der Waals surface area contributed by atoms with E-state index in [1.165, 1.54) is 6.08 Å². The monoisotopic (exact) mass is 199 g/mol. The minimum Gasteiger partial charge on any atom is -0.290 e. The highest BCUT2D eigenvalue weighted by Gasteiger charge is 2.23. The zero-order valence-electron chi connectivity index (χ0n) is 8.22. The van der Waals surface area contributed by atoms with Crippen LogP contribution in [0.3, 0.4) is 0 Å². The molecule has 2 nitrogen and oxygen atoms in total. The number of Topliss-reactive ketones (excluding diaryl/α,β-unsaturated/α-hetero) is 1. The molecule has 0 amide bonds. The van der Waals surface area contributed by atoms with E-state index in [4.69, 9.17) is 0 Å². The molecule has 2 rings (SSSR count). The third-order valence-electron chi connectivity index (χ3n) is 2.47. The van der Waals surface area contributed by atoms with Crippen molar-refractivity contribution in [1.29, 1.82) is 0 Å². The quantitative estimate of drug-likeness (QED) is 0.720. The van der Waals surface area contributed by atoms with Gasteiger partial charge in [0.25, 0.3) is 0 Å². The zero-order chi connectivity index (χ0) is 10.7. The summed E-state index contributed by atoms with van der Waals surface area (Å²) in [5.74, 6) is -0.982. The second kappa shape index (κ2) is 4.13. The molecule has 0 aliphatic heterocycles. The minimum atomic E-state index is -0.390. The Kier molecular flexibility index (Phi) is 2.68. The van der Waals surface area contributed by atoms with Gasteiger partial charge in [0.05, 0.1) is 0 Å². The van der Waals surface area contributed by atoms with Crippen LogP contribution in [0.4, 0.5) is 0 Å². The van der Waals surface area contributed by atoms with Crippen molar-refractivity contribution in [2.24, 2.45) is 5.92 Å². The second-order valence-electron chi connectivity index (χ2n) is 3.58. The molecule has 0 bridgehead atoms. The van der Waals surface area contributed by atoms with Gasteiger partial charge in [-0.15, -0.1) is 0 Å². The van der Waals surface area contributed by atoms with E-state index < -0.39 is 5.76 Å². The predicted molar refractivity (Wildman–Crippen MR) is 56.6 cm³/mol. The molecule has 75 valence electrons. The van der Waals surface area contributed by atoms with Crippen LogP contribution in [-0.4, -0.2) is 5.78 Å². The first-order valence-electron chi connectivity index (χ1n) is 4.91. The zero-order valence-corrected chi connectivity index (χ0v) is 8.22. The second-order valence-corrected chi connectivity index (χ2v) is 3.58. The molecule has 0 heterocycles. The molecule has 15 heavy (non-hydrogen) atoms. The van der Waals surface area contributed by atoms with Crippen molar-refractivity contribution < 1.29 is 9.90 Å². The smallest absolute Gasteiger partial charge is 0.222 e. The number of hydrogen-bond acceptors (Lipinski definition) is 1. The molecule has 0 saturated carbocycles.